The van der Waals surface area contributed by atoms with Crippen molar-refractivity contribution in [2.24, 2.45) is 5.92 Å². The van der Waals surface area contributed by atoms with Gasteiger partial charge in [-0.05, 0) is 39.0 Å². The van der Waals surface area contributed by atoms with Crippen LogP contribution in [-0.2, 0) is 19.0 Å². The van der Waals surface area contributed by atoms with Gasteiger partial charge < -0.3 is 34.6 Å². The van der Waals surface area contributed by atoms with E-state index in [4.69, 9.17) is 19.3 Å². The molecule has 8 nitrogen and oxygen atoms in total. The number of aliphatic hydroxyl groups is 4. The van der Waals surface area contributed by atoms with Gasteiger partial charge in [0, 0.05) is 0 Å². The van der Waals surface area contributed by atoms with Crippen molar-refractivity contribution in [1.29, 1.82) is 0 Å². The first kappa shape index (κ1) is 23.0. The Bertz CT molecular complexity index is 544. The van der Waals surface area contributed by atoms with E-state index in [-0.39, 0.29) is 6.61 Å². The second kappa shape index (κ2) is 11.6. The van der Waals surface area contributed by atoms with E-state index in [9.17, 15) is 20.1 Å². The largest absolute Gasteiger partial charge is 0.465 e. The van der Waals surface area contributed by atoms with Crippen molar-refractivity contribution in [1.82, 2.24) is 0 Å². The Labute approximate surface area is 165 Å². The summed E-state index contributed by atoms with van der Waals surface area (Å²) < 4.78 is 15.8. The number of esters is 1. The molecule has 0 radical (unpaired) electrons. The van der Waals surface area contributed by atoms with Crippen LogP contribution in [0.15, 0.2) is 23.8 Å². The summed E-state index contributed by atoms with van der Waals surface area (Å²) in [5.74, 6) is -0.991. The minimum absolute atomic E-state index is 0.0807. The fourth-order valence-corrected chi connectivity index (χ4v) is 3.14. The number of allylic oxidation sites excluding steroid dienone is 4. The quantitative estimate of drug-likeness (QED) is 0.291. The zero-order chi connectivity index (χ0) is 20.5. The molecule has 0 spiro atoms. The summed E-state index contributed by atoms with van der Waals surface area (Å²) >= 11 is 0. The van der Waals surface area contributed by atoms with E-state index < -0.39 is 49.2 Å². The molecule has 1 heterocycles. The monoisotopic (exact) mass is 400 g/mol. The van der Waals surface area contributed by atoms with Gasteiger partial charge in [0.05, 0.1) is 25.7 Å². The van der Waals surface area contributed by atoms with Crippen LogP contribution in [0.2, 0.25) is 0 Å². The number of ether oxygens (including phenoxy) is 3. The van der Waals surface area contributed by atoms with Crippen LogP contribution in [0.5, 0.6) is 0 Å². The summed E-state index contributed by atoms with van der Waals surface area (Å²) in [7, 11) is 0. The summed E-state index contributed by atoms with van der Waals surface area (Å²) in [6.45, 7) is 1.37. The van der Waals surface area contributed by atoms with Crippen LogP contribution in [0.25, 0.3) is 0 Å². The van der Waals surface area contributed by atoms with Crippen molar-refractivity contribution in [3.8, 4) is 0 Å². The van der Waals surface area contributed by atoms with Crippen LogP contribution < -0.4 is 0 Å². The van der Waals surface area contributed by atoms with Gasteiger partial charge in [-0.1, -0.05) is 23.8 Å². The van der Waals surface area contributed by atoms with Crippen LogP contribution in [0.3, 0.4) is 0 Å². The van der Waals surface area contributed by atoms with Gasteiger partial charge in [0.2, 0.25) is 0 Å². The fraction of sp³-hybridized carbons (Fsp3) is 0.750. The molecule has 0 amide bonds. The van der Waals surface area contributed by atoms with Crippen molar-refractivity contribution >= 4 is 5.97 Å². The maximum atomic E-state index is 12.0. The third-order valence-corrected chi connectivity index (χ3v) is 5.00. The van der Waals surface area contributed by atoms with E-state index in [1.54, 1.807) is 6.92 Å². The lowest BCUT2D eigenvalue weighted by atomic mass is 9.99. The molecule has 160 valence electrons. The Hall–Kier alpha value is -1.29. The molecule has 0 bridgehead atoms. The Morgan fingerprint density at radius 2 is 2.00 bits per heavy atom. The number of hydrogen-bond acceptors (Lipinski definition) is 8. The molecule has 2 aliphatic rings. The zero-order valence-electron chi connectivity index (χ0n) is 16.3. The van der Waals surface area contributed by atoms with Gasteiger partial charge in [-0.2, -0.15) is 0 Å². The van der Waals surface area contributed by atoms with Crippen molar-refractivity contribution in [3.05, 3.63) is 23.8 Å². The lowest BCUT2D eigenvalue weighted by Gasteiger charge is -2.39. The van der Waals surface area contributed by atoms with Gasteiger partial charge in [0.15, 0.2) is 6.29 Å². The van der Waals surface area contributed by atoms with E-state index in [0.29, 0.717) is 6.61 Å². The number of carbonyl (C=O) groups excluding carboxylic acids is 1. The average molecular weight is 400 g/mol. The first-order chi connectivity index (χ1) is 13.4. The van der Waals surface area contributed by atoms with Gasteiger partial charge in [-0.25, -0.2) is 0 Å². The predicted octanol–water partition coefficient (Wildman–Crippen LogP) is 0.429. The molecule has 0 aromatic carbocycles. The first-order valence-corrected chi connectivity index (χ1v) is 9.87. The van der Waals surface area contributed by atoms with E-state index in [1.807, 2.05) is 0 Å². The SMILES string of the molecule is C[C@H](CO[C@H]1O[C@H](CO)[C@@H](O)[C@H](O)[C@@H]1O)C(=O)OCCCCCC1=CC=CC1. The Kier molecular flexibility index (Phi) is 9.57. The minimum atomic E-state index is -1.51. The van der Waals surface area contributed by atoms with Gasteiger partial charge in [0.1, 0.15) is 24.4 Å². The lowest BCUT2D eigenvalue weighted by Crippen LogP contribution is -2.59. The molecule has 28 heavy (non-hydrogen) atoms. The molecule has 0 saturated carbocycles. The average Bonchev–Trinajstić information content (AvgIpc) is 3.21. The van der Waals surface area contributed by atoms with Gasteiger partial charge in [-0.15, -0.1) is 0 Å². The maximum Gasteiger partial charge on any atom is 0.310 e. The van der Waals surface area contributed by atoms with Crippen molar-refractivity contribution in [2.75, 3.05) is 19.8 Å². The second-order valence-electron chi connectivity index (χ2n) is 7.37. The molecule has 2 rings (SSSR count). The highest BCUT2D eigenvalue weighted by atomic mass is 16.7. The normalized spacial score (nSPS) is 30.9. The molecule has 4 N–H and O–H groups in total. The number of aliphatic hydroxyl groups excluding tert-OH is 4. The van der Waals surface area contributed by atoms with Gasteiger partial charge in [0.25, 0.3) is 0 Å². The van der Waals surface area contributed by atoms with Crippen molar-refractivity contribution in [3.63, 3.8) is 0 Å². The van der Waals surface area contributed by atoms with E-state index in [1.165, 1.54) is 5.57 Å². The molecule has 1 saturated heterocycles. The third kappa shape index (κ3) is 6.65. The molecular weight excluding hydrogens is 368 g/mol. The molecule has 0 aromatic rings. The molecule has 1 aliphatic heterocycles. The maximum absolute atomic E-state index is 12.0. The molecule has 6 atom stereocenters. The minimum Gasteiger partial charge on any atom is -0.465 e. The highest BCUT2D eigenvalue weighted by Crippen LogP contribution is 2.22. The van der Waals surface area contributed by atoms with Crippen LogP contribution >= 0.6 is 0 Å². The molecule has 8 heteroatoms. The van der Waals surface area contributed by atoms with Gasteiger partial charge >= 0.3 is 5.97 Å². The zero-order valence-corrected chi connectivity index (χ0v) is 16.3. The third-order valence-electron chi connectivity index (χ3n) is 5.00. The summed E-state index contributed by atoms with van der Waals surface area (Å²) in [6, 6.07) is 0. The molecule has 1 fully saturated rings. The van der Waals surface area contributed by atoms with Crippen molar-refractivity contribution in [2.45, 2.75) is 69.7 Å². The van der Waals surface area contributed by atoms with Gasteiger partial charge in [-0.3, -0.25) is 4.79 Å². The highest BCUT2D eigenvalue weighted by Gasteiger charge is 2.44. The van der Waals surface area contributed by atoms with Crippen LogP contribution in [0.1, 0.15) is 39.0 Å². The van der Waals surface area contributed by atoms with Crippen LogP contribution in [0.4, 0.5) is 0 Å². The standard InChI is InChI=1S/C20H32O8/c1-13(12-27-20-18(24)17(23)16(22)15(11-21)28-20)19(25)26-10-6-2-3-7-14-8-4-5-9-14/h4-5,8,13,15-18,20-24H,2-3,6-7,9-12H2,1H3/t13-,15-,16-,17+,18+,20+/m1/s1. The lowest BCUT2D eigenvalue weighted by molar-refractivity contribution is -0.302. The van der Waals surface area contributed by atoms with E-state index in [0.717, 1.165) is 32.1 Å². The fourth-order valence-electron chi connectivity index (χ4n) is 3.14. The Morgan fingerprint density at radius 3 is 2.68 bits per heavy atom. The molecule has 0 aromatic heterocycles. The topological polar surface area (TPSA) is 126 Å². The summed E-state index contributed by atoms with van der Waals surface area (Å²) in [5, 5.41) is 38.5. The molecule has 1 aliphatic carbocycles. The Morgan fingerprint density at radius 1 is 1.21 bits per heavy atom. The first-order valence-electron chi connectivity index (χ1n) is 9.87. The van der Waals surface area contributed by atoms with Crippen molar-refractivity contribution < 1.29 is 39.4 Å². The number of carbonyl (C=O) groups is 1. The predicted molar refractivity (Wildman–Crippen MR) is 100 cm³/mol. The summed E-state index contributed by atoms with van der Waals surface area (Å²) in [5.41, 5.74) is 1.44. The number of rotatable bonds is 11. The highest BCUT2D eigenvalue weighted by molar-refractivity contribution is 5.72. The summed E-state index contributed by atoms with van der Waals surface area (Å²) in [4.78, 5) is 12.0. The smallest absolute Gasteiger partial charge is 0.310 e. The van der Waals surface area contributed by atoms with E-state index in [2.05, 4.69) is 18.2 Å². The van der Waals surface area contributed by atoms with Crippen LogP contribution in [0, 0.1) is 5.92 Å². The molecule has 0 unspecified atom stereocenters. The Balaban J connectivity index is 1.59. The second-order valence-corrected chi connectivity index (χ2v) is 7.37. The molecular formula is C20H32O8. The van der Waals surface area contributed by atoms with Crippen LogP contribution in [-0.4, -0.2) is 76.9 Å². The number of unbranched alkanes of at least 4 members (excludes halogenated alkanes) is 2. The van der Waals surface area contributed by atoms with E-state index >= 15 is 0 Å². The number of hydrogen-bond donors (Lipinski definition) is 4. The summed E-state index contributed by atoms with van der Waals surface area (Å²) in [6.07, 6.45) is 4.63.